The van der Waals surface area contributed by atoms with Crippen LogP contribution < -0.4 is 15.0 Å². The van der Waals surface area contributed by atoms with Crippen LogP contribution in [0.2, 0.25) is 0 Å². The standard InChI is InChI=1S/C30H38N4O3/c1-30(2,3)22-7-9-23(10-8-22)34-18-21-16-27-28(17-26(21)32-34)33-12-11-25(19-33)37-14-13-36-24-6-4-5-20(15-24)29(35)31-27/h4-6,15-18,22-23,25H,7-14,19H2,1-3H3,(H,31,35)/t22-,23-,25-/m0/s1. The summed E-state index contributed by atoms with van der Waals surface area (Å²) in [5.41, 5.74) is 3.75. The minimum atomic E-state index is -0.136. The second-order valence-corrected chi connectivity index (χ2v) is 12.0. The molecule has 1 atom stereocenters. The van der Waals surface area contributed by atoms with Gasteiger partial charge in [0, 0.05) is 30.2 Å². The summed E-state index contributed by atoms with van der Waals surface area (Å²) in [6.07, 6.45) is 8.08. The Morgan fingerprint density at radius 3 is 2.68 bits per heavy atom. The van der Waals surface area contributed by atoms with Gasteiger partial charge in [-0.05, 0) is 73.8 Å². The molecule has 1 saturated carbocycles. The fourth-order valence-electron chi connectivity index (χ4n) is 6.21. The molecule has 2 aromatic carbocycles. The normalized spacial score (nSPS) is 24.8. The van der Waals surface area contributed by atoms with Gasteiger partial charge < -0.3 is 19.7 Å². The molecule has 2 aliphatic heterocycles. The van der Waals surface area contributed by atoms with Crippen molar-refractivity contribution in [3.63, 3.8) is 0 Å². The number of aromatic nitrogens is 2. The minimum Gasteiger partial charge on any atom is -0.491 e. The van der Waals surface area contributed by atoms with Crippen molar-refractivity contribution >= 4 is 28.2 Å². The van der Waals surface area contributed by atoms with Gasteiger partial charge in [0.05, 0.1) is 35.6 Å². The highest BCUT2D eigenvalue weighted by molar-refractivity contribution is 6.07. The number of carbonyl (C=O) groups is 1. The van der Waals surface area contributed by atoms with Crippen molar-refractivity contribution in [1.82, 2.24) is 9.78 Å². The number of nitrogens with one attached hydrogen (secondary N) is 1. The van der Waals surface area contributed by atoms with Crippen LogP contribution in [0.3, 0.4) is 0 Å². The number of carbonyl (C=O) groups excluding carboxylic acids is 1. The van der Waals surface area contributed by atoms with Gasteiger partial charge in [-0.2, -0.15) is 5.10 Å². The van der Waals surface area contributed by atoms with Crippen LogP contribution in [0.1, 0.15) is 69.3 Å². The van der Waals surface area contributed by atoms with Crippen LogP contribution in [0.15, 0.2) is 42.6 Å². The monoisotopic (exact) mass is 502 g/mol. The predicted octanol–water partition coefficient (Wildman–Crippen LogP) is 6.05. The van der Waals surface area contributed by atoms with E-state index in [9.17, 15) is 4.79 Å². The number of anilines is 2. The number of fused-ring (bicyclic) bond motifs is 7. The maximum atomic E-state index is 13.3. The Labute approximate surface area is 219 Å². The van der Waals surface area contributed by atoms with Crippen LogP contribution in [-0.4, -0.2) is 48.1 Å². The third-order valence-corrected chi connectivity index (χ3v) is 8.47. The van der Waals surface area contributed by atoms with Crippen LogP contribution in [0.25, 0.3) is 10.9 Å². The number of nitrogens with zero attached hydrogens (tertiary/aromatic N) is 3. The number of amides is 1. The predicted molar refractivity (Wildman–Crippen MR) is 147 cm³/mol. The van der Waals surface area contributed by atoms with Crippen LogP contribution in [0.4, 0.5) is 11.4 Å². The van der Waals surface area contributed by atoms with E-state index in [-0.39, 0.29) is 12.0 Å². The van der Waals surface area contributed by atoms with Crippen molar-refractivity contribution in [2.24, 2.45) is 11.3 Å². The Morgan fingerprint density at radius 1 is 1.03 bits per heavy atom. The Kier molecular flexibility index (Phi) is 6.35. The molecule has 6 rings (SSSR count). The Morgan fingerprint density at radius 2 is 1.86 bits per heavy atom. The highest BCUT2D eigenvalue weighted by Crippen LogP contribution is 2.42. The molecule has 1 aliphatic carbocycles. The average molecular weight is 503 g/mol. The fourth-order valence-corrected chi connectivity index (χ4v) is 6.21. The smallest absolute Gasteiger partial charge is 0.255 e. The van der Waals surface area contributed by atoms with Crippen molar-refractivity contribution in [3.05, 3.63) is 48.2 Å². The molecule has 37 heavy (non-hydrogen) atoms. The molecule has 4 bridgehead atoms. The van der Waals surface area contributed by atoms with Crippen molar-refractivity contribution in [2.75, 3.05) is 36.5 Å². The average Bonchev–Trinajstić information content (AvgIpc) is 3.52. The maximum absolute atomic E-state index is 13.3. The molecule has 1 saturated heterocycles. The van der Waals surface area contributed by atoms with Crippen molar-refractivity contribution in [2.45, 2.75) is 65.0 Å². The number of hydrogen-bond acceptors (Lipinski definition) is 5. The van der Waals surface area contributed by atoms with Gasteiger partial charge in [0.25, 0.3) is 5.91 Å². The van der Waals surface area contributed by atoms with Gasteiger partial charge in [-0.25, -0.2) is 0 Å². The van der Waals surface area contributed by atoms with E-state index in [0.29, 0.717) is 36.0 Å². The lowest BCUT2D eigenvalue weighted by Crippen LogP contribution is -2.27. The largest absolute Gasteiger partial charge is 0.491 e. The molecular formula is C30H38N4O3. The van der Waals surface area contributed by atoms with E-state index < -0.39 is 0 Å². The van der Waals surface area contributed by atoms with Crippen LogP contribution in [-0.2, 0) is 4.74 Å². The third-order valence-electron chi connectivity index (χ3n) is 8.47. The summed E-state index contributed by atoms with van der Waals surface area (Å²) in [6.45, 7) is 9.75. The highest BCUT2D eigenvalue weighted by atomic mass is 16.5. The Balaban J connectivity index is 1.33. The fraction of sp³-hybridized carbons (Fsp3) is 0.533. The molecule has 7 heteroatoms. The van der Waals surface area contributed by atoms with Crippen molar-refractivity contribution < 1.29 is 14.3 Å². The molecule has 1 N–H and O–H groups in total. The zero-order valence-electron chi connectivity index (χ0n) is 22.2. The van der Waals surface area contributed by atoms with E-state index in [1.165, 1.54) is 12.8 Å². The minimum absolute atomic E-state index is 0.136. The summed E-state index contributed by atoms with van der Waals surface area (Å²) in [7, 11) is 0. The molecule has 3 aliphatic rings. The second-order valence-electron chi connectivity index (χ2n) is 12.0. The van der Waals surface area contributed by atoms with Crippen LogP contribution >= 0.6 is 0 Å². The van der Waals surface area contributed by atoms with E-state index in [0.717, 1.165) is 60.5 Å². The van der Waals surface area contributed by atoms with E-state index in [1.54, 1.807) is 6.07 Å². The molecule has 1 amide bonds. The molecule has 0 spiro atoms. The summed E-state index contributed by atoms with van der Waals surface area (Å²) in [4.78, 5) is 15.6. The first-order valence-corrected chi connectivity index (χ1v) is 13.8. The summed E-state index contributed by atoms with van der Waals surface area (Å²) in [5.74, 6) is 1.31. The second kappa shape index (κ2) is 9.67. The number of benzene rings is 2. The molecule has 7 nitrogen and oxygen atoms in total. The number of ether oxygens (including phenoxy) is 2. The Hall–Kier alpha value is -3.06. The lowest BCUT2D eigenvalue weighted by molar-refractivity contribution is 0.0465. The quantitative estimate of drug-likeness (QED) is 0.438. The van der Waals surface area contributed by atoms with E-state index >= 15 is 0 Å². The number of rotatable bonds is 1. The lowest BCUT2D eigenvalue weighted by atomic mass is 9.71. The lowest BCUT2D eigenvalue weighted by Gasteiger charge is -2.37. The van der Waals surface area contributed by atoms with Crippen LogP contribution in [0.5, 0.6) is 5.75 Å². The van der Waals surface area contributed by atoms with Crippen LogP contribution in [0, 0.1) is 11.3 Å². The first-order chi connectivity index (χ1) is 17.8. The van der Waals surface area contributed by atoms with E-state index in [1.807, 2.05) is 18.2 Å². The van der Waals surface area contributed by atoms with Gasteiger partial charge in [0.1, 0.15) is 12.4 Å². The first kappa shape index (κ1) is 24.3. The molecule has 3 heterocycles. The molecule has 0 radical (unpaired) electrons. The van der Waals surface area contributed by atoms with Crippen molar-refractivity contribution in [1.29, 1.82) is 0 Å². The molecular weight excluding hydrogens is 464 g/mol. The van der Waals surface area contributed by atoms with Gasteiger partial charge in [0.2, 0.25) is 0 Å². The van der Waals surface area contributed by atoms with Gasteiger partial charge >= 0.3 is 0 Å². The SMILES string of the molecule is CC(C)(C)[C@H]1CC[C@H](n2cc3cc4c(cc3n2)N2CC[C@@H](C2)OCCOc2cccc(c2)C(=O)N4)CC1. The van der Waals surface area contributed by atoms with Gasteiger partial charge in [0.15, 0.2) is 0 Å². The maximum Gasteiger partial charge on any atom is 0.255 e. The van der Waals surface area contributed by atoms with Crippen molar-refractivity contribution in [3.8, 4) is 5.75 Å². The van der Waals surface area contributed by atoms with Gasteiger partial charge in [-0.1, -0.05) is 26.8 Å². The molecule has 1 aromatic heterocycles. The first-order valence-electron chi connectivity index (χ1n) is 13.8. The van der Waals surface area contributed by atoms with Gasteiger partial charge in [-0.15, -0.1) is 0 Å². The topological polar surface area (TPSA) is 68.6 Å². The molecule has 2 fully saturated rings. The summed E-state index contributed by atoms with van der Waals surface area (Å²) >= 11 is 0. The summed E-state index contributed by atoms with van der Waals surface area (Å²) < 4.78 is 14.1. The van der Waals surface area contributed by atoms with E-state index in [4.69, 9.17) is 14.6 Å². The summed E-state index contributed by atoms with van der Waals surface area (Å²) in [6, 6.07) is 12.0. The molecule has 0 unspecified atom stereocenters. The summed E-state index contributed by atoms with van der Waals surface area (Å²) in [5, 5.41) is 9.29. The zero-order valence-corrected chi connectivity index (χ0v) is 22.2. The molecule has 196 valence electrons. The number of hydrogen-bond donors (Lipinski definition) is 1. The highest BCUT2D eigenvalue weighted by Gasteiger charge is 2.31. The van der Waals surface area contributed by atoms with E-state index in [2.05, 4.69) is 54.0 Å². The molecule has 3 aromatic rings. The Bertz CT molecular complexity index is 1290. The zero-order chi connectivity index (χ0) is 25.6. The third kappa shape index (κ3) is 5.06. The van der Waals surface area contributed by atoms with Gasteiger partial charge in [-0.3, -0.25) is 9.48 Å².